The van der Waals surface area contributed by atoms with Gasteiger partial charge in [-0.05, 0) is 29.6 Å². The van der Waals surface area contributed by atoms with Gasteiger partial charge in [-0.3, -0.25) is 4.79 Å². The number of carbonyl (C=O) groups excluding carboxylic acids is 1. The molecule has 0 saturated carbocycles. The molecule has 0 radical (unpaired) electrons. The average Bonchev–Trinajstić information content (AvgIpc) is 3.20. The van der Waals surface area contributed by atoms with Crippen LogP contribution in [0.4, 0.5) is 18.9 Å². The van der Waals surface area contributed by atoms with Crippen molar-refractivity contribution < 1.29 is 18.0 Å². The van der Waals surface area contributed by atoms with Gasteiger partial charge < -0.3 is 5.32 Å². The maximum absolute atomic E-state index is 13.3. The van der Waals surface area contributed by atoms with Gasteiger partial charge in [0.15, 0.2) is 0 Å². The summed E-state index contributed by atoms with van der Waals surface area (Å²) in [7, 11) is 0. The van der Waals surface area contributed by atoms with Gasteiger partial charge in [-0.1, -0.05) is 0 Å². The largest absolute Gasteiger partial charge is 0.418 e. The number of halogens is 3. The van der Waals surface area contributed by atoms with Gasteiger partial charge in [-0.15, -0.1) is 0 Å². The number of thiophene rings is 1. The molecule has 0 unspecified atom stereocenters. The number of nitrogens with zero attached hydrogens (tertiary/aromatic N) is 3. The van der Waals surface area contributed by atoms with Gasteiger partial charge in [-0.2, -0.15) is 29.6 Å². The number of nitrogens with one attached hydrogen (secondary N) is 1. The third-order valence-electron chi connectivity index (χ3n) is 3.01. The highest BCUT2D eigenvalue weighted by Crippen LogP contribution is 2.35. The molecule has 1 N–H and O–H groups in total. The van der Waals surface area contributed by atoms with Crippen LogP contribution in [0.2, 0.25) is 0 Å². The molecule has 0 aliphatic carbocycles. The summed E-state index contributed by atoms with van der Waals surface area (Å²) >= 11 is 1.33. The Bertz CT molecular complexity index is 813. The van der Waals surface area contributed by atoms with Crippen molar-refractivity contribution in [3.8, 4) is 5.69 Å². The predicted octanol–water partition coefficient (Wildman–Crippen LogP) is 3.60. The molecule has 3 aromatic rings. The molecule has 9 heteroatoms. The first-order valence-corrected chi connectivity index (χ1v) is 7.29. The van der Waals surface area contributed by atoms with Crippen molar-refractivity contribution in [2.45, 2.75) is 6.18 Å². The Hall–Kier alpha value is -2.68. The molecule has 5 nitrogen and oxygen atoms in total. The van der Waals surface area contributed by atoms with E-state index in [0.29, 0.717) is 5.56 Å². The van der Waals surface area contributed by atoms with Crippen molar-refractivity contribution in [3.63, 3.8) is 0 Å². The quantitative estimate of drug-likeness (QED) is 0.794. The van der Waals surface area contributed by atoms with E-state index in [2.05, 4.69) is 15.4 Å². The monoisotopic (exact) mass is 338 g/mol. The van der Waals surface area contributed by atoms with E-state index in [1.54, 1.807) is 16.8 Å². The van der Waals surface area contributed by atoms with Crippen molar-refractivity contribution in [3.05, 3.63) is 58.8 Å². The number of hydrogen-bond donors (Lipinski definition) is 1. The van der Waals surface area contributed by atoms with Gasteiger partial charge in [-0.25, -0.2) is 9.67 Å². The van der Waals surface area contributed by atoms with Crippen LogP contribution in [0.15, 0.2) is 47.7 Å². The molecule has 2 aromatic heterocycles. The minimum atomic E-state index is -4.59. The zero-order valence-electron chi connectivity index (χ0n) is 11.4. The number of benzene rings is 1. The Labute approximate surface area is 132 Å². The summed E-state index contributed by atoms with van der Waals surface area (Å²) in [5, 5.41) is 9.49. The molecule has 1 aromatic carbocycles. The van der Waals surface area contributed by atoms with Crippen molar-refractivity contribution >= 4 is 22.9 Å². The zero-order valence-corrected chi connectivity index (χ0v) is 12.2. The van der Waals surface area contributed by atoms with Crippen LogP contribution in [0, 0.1) is 0 Å². The minimum absolute atomic E-state index is 0.0531. The summed E-state index contributed by atoms with van der Waals surface area (Å²) in [6, 6.07) is 5.09. The molecule has 0 atom stereocenters. The zero-order chi connectivity index (χ0) is 16.4. The van der Waals surface area contributed by atoms with Crippen molar-refractivity contribution in [2.24, 2.45) is 0 Å². The molecule has 23 heavy (non-hydrogen) atoms. The van der Waals surface area contributed by atoms with Crippen LogP contribution in [0.1, 0.15) is 15.9 Å². The van der Waals surface area contributed by atoms with E-state index in [1.165, 1.54) is 29.8 Å². The Morgan fingerprint density at radius 2 is 2.09 bits per heavy atom. The summed E-state index contributed by atoms with van der Waals surface area (Å²) in [6.45, 7) is 0. The van der Waals surface area contributed by atoms with Crippen LogP contribution in [0.5, 0.6) is 0 Å². The van der Waals surface area contributed by atoms with E-state index in [9.17, 15) is 18.0 Å². The van der Waals surface area contributed by atoms with E-state index in [4.69, 9.17) is 0 Å². The topological polar surface area (TPSA) is 59.8 Å². The van der Waals surface area contributed by atoms with Gasteiger partial charge in [0.25, 0.3) is 5.91 Å². The fourth-order valence-electron chi connectivity index (χ4n) is 1.97. The van der Waals surface area contributed by atoms with Gasteiger partial charge in [0, 0.05) is 11.1 Å². The van der Waals surface area contributed by atoms with Gasteiger partial charge in [0.1, 0.15) is 12.7 Å². The molecule has 0 aliphatic heterocycles. The summed E-state index contributed by atoms with van der Waals surface area (Å²) in [5.41, 5.74) is -0.629. The molecule has 0 aliphatic rings. The second-order valence-corrected chi connectivity index (χ2v) is 5.32. The van der Waals surface area contributed by atoms with Gasteiger partial charge in [0.2, 0.25) is 0 Å². The molecular weight excluding hydrogens is 329 g/mol. The number of alkyl halides is 3. The van der Waals surface area contributed by atoms with Crippen molar-refractivity contribution in [1.29, 1.82) is 0 Å². The molecular formula is C14H9F3N4OS. The lowest BCUT2D eigenvalue weighted by Gasteiger charge is -2.14. The summed E-state index contributed by atoms with van der Waals surface area (Å²) in [4.78, 5) is 15.6. The van der Waals surface area contributed by atoms with Crippen LogP contribution in [0.3, 0.4) is 0 Å². The lowest BCUT2D eigenvalue weighted by Crippen LogP contribution is -2.15. The van der Waals surface area contributed by atoms with Crippen LogP contribution < -0.4 is 5.32 Å². The second-order valence-electron chi connectivity index (χ2n) is 4.54. The maximum Gasteiger partial charge on any atom is 0.418 e. The fraction of sp³-hybridized carbons (Fsp3) is 0.0714. The molecule has 2 heterocycles. The number of anilines is 1. The van der Waals surface area contributed by atoms with Gasteiger partial charge in [0.05, 0.1) is 16.8 Å². The number of rotatable bonds is 3. The fourth-order valence-corrected chi connectivity index (χ4v) is 2.61. The first-order valence-electron chi connectivity index (χ1n) is 6.35. The maximum atomic E-state index is 13.3. The number of carbonyl (C=O) groups is 1. The Morgan fingerprint density at radius 1 is 1.26 bits per heavy atom. The highest BCUT2D eigenvalue weighted by molar-refractivity contribution is 7.08. The number of hydrogen-bond acceptors (Lipinski definition) is 4. The smallest absolute Gasteiger partial charge is 0.322 e. The SMILES string of the molecule is O=C(Nc1ccc(-n2cncn2)c(C(F)(F)F)c1)c1ccsc1. The normalized spacial score (nSPS) is 11.4. The van der Waals surface area contributed by atoms with E-state index < -0.39 is 17.6 Å². The Kier molecular flexibility index (Phi) is 3.87. The second kappa shape index (κ2) is 5.84. The number of aromatic nitrogens is 3. The third kappa shape index (κ3) is 3.24. The first kappa shape index (κ1) is 15.2. The van der Waals surface area contributed by atoms with Crippen molar-refractivity contribution in [2.75, 3.05) is 5.32 Å². The molecule has 118 valence electrons. The Balaban J connectivity index is 1.96. The lowest BCUT2D eigenvalue weighted by atomic mass is 10.1. The molecule has 0 fully saturated rings. The van der Waals surface area contributed by atoms with Crippen LogP contribution in [-0.4, -0.2) is 20.7 Å². The third-order valence-corrected chi connectivity index (χ3v) is 3.69. The van der Waals surface area contributed by atoms with E-state index in [0.717, 1.165) is 17.1 Å². The van der Waals surface area contributed by atoms with Crippen LogP contribution >= 0.6 is 11.3 Å². The lowest BCUT2D eigenvalue weighted by molar-refractivity contribution is -0.137. The molecule has 1 amide bonds. The Morgan fingerprint density at radius 3 is 2.70 bits per heavy atom. The van der Waals surface area contributed by atoms with Crippen molar-refractivity contribution in [1.82, 2.24) is 14.8 Å². The number of amides is 1. The first-order chi connectivity index (χ1) is 10.9. The summed E-state index contributed by atoms with van der Waals surface area (Å²) < 4.78 is 40.8. The van der Waals surface area contributed by atoms with Crippen LogP contribution in [0.25, 0.3) is 5.69 Å². The van der Waals surface area contributed by atoms with E-state index in [1.807, 2.05) is 0 Å². The molecule has 0 bridgehead atoms. The molecule has 0 spiro atoms. The summed E-state index contributed by atoms with van der Waals surface area (Å²) in [5.74, 6) is -0.465. The van der Waals surface area contributed by atoms with E-state index >= 15 is 0 Å². The highest BCUT2D eigenvalue weighted by atomic mass is 32.1. The summed E-state index contributed by atoms with van der Waals surface area (Å²) in [6.07, 6.45) is -2.27. The van der Waals surface area contributed by atoms with E-state index in [-0.39, 0.29) is 11.4 Å². The van der Waals surface area contributed by atoms with Crippen LogP contribution in [-0.2, 0) is 6.18 Å². The predicted molar refractivity (Wildman–Crippen MR) is 78.6 cm³/mol. The van der Waals surface area contributed by atoms with Gasteiger partial charge >= 0.3 is 6.18 Å². The molecule has 0 saturated heterocycles. The minimum Gasteiger partial charge on any atom is -0.322 e. The highest BCUT2D eigenvalue weighted by Gasteiger charge is 2.34. The average molecular weight is 338 g/mol. The standard InChI is InChI=1S/C14H9F3N4OS/c15-14(16,17)11-5-10(20-13(22)9-3-4-23-6-9)1-2-12(11)21-8-18-7-19-21/h1-8H,(H,20,22). The molecule has 3 rings (SSSR count).